The fourth-order valence-corrected chi connectivity index (χ4v) is 3.14. The number of rotatable bonds is 7. The summed E-state index contributed by atoms with van der Waals surface area (Å²) in [5.74, 6) is -0.591. The van der Waals surface area contributed by atoms with Crippen LogP contribution in [0.15, 0.2) is 24.3 Å². The van der Waals surface area contributed by atoms with Crippen LogP contribution in [0.1, 0.15) is 38.5 Å². The number of carboxylic acid groups (broad SMARTS) is 1. The monoisotopic (exact) mass is 351 g/mol. The summed E-state index contributed by atoms with van der Waals surface area (Å²) in [6, 6.07) is 7.21. The number of hydrogen-bond donors (Lipinski definition) is 1. The molecular weight excluding hydrogens is 326 g/mol. The SMILES string of the molecule is CCC(=O)N1CC(Oc2ccc(C(OC)OC)cc2)C[C@@]1(C)C(=O)O. The molecule has 0 bridgehead atoms. The van der Waals surface area contributed by atoms with E-state index in [4.69, 9.17) is 14.2 Å². The zero-order chi connectivity index (χ0) is 18.6. The van der Waals surface area contributed by atoms with Crippen LogP contribution in [0.5, 0.6) is 5.75 Å². The Bertz CT molecular complexity index is 612. The Kier molecular flexibility index (Phi) is 6.02. The van der Waals surface area contributed by atoms with E-state index in [-0.39, 0.29) is 31.4 Å². The van der Waals surface area contributed by atoms with Gasteiger partial charge in [-0.05, 0) is 19.1 Å². The number of amides is 1. The van der Waals surface area contributed by atoms with Crippen LogP contribution in [0.2, 0.25) is 0 Å². The van der Waals surface area contributed by atoms with E-state index in [1.807, 2.05) is 12.1 Å². The molecule has 0 aromatic heterocycles. The van der Waals surface area contributed by atoms with E-state index < -0.39 is 17.8 Å². The third-order valence-electron chi connectivity index (χ3n) is 4.55. The lowest BCUT2D eigenvalue weighted by molar-refractivity contribution is -0.155. The molecule has 1 N–H and O–H groups in total. The second-order valence-corrected chi connectivity index (χ2v) is 6.25. The van der Waals surface area contributed by atoms with Gasteiger partial charge in [-0.2, -0.15) is 0 Å². The van der Waals surface area contributed by atoms with E-state index in [1.54, 1.807) is 40.2 Å². The molecule has 0 saturated carbocycles. The lowest BCUT2D eigenvalue weighted by atomic mass is 9.98. The molecule has 25 heavy (non-hydrogen) atoms. The number of methoxy groups -OCH3 is 2. The Hall–Kier alpha value is -2.12. The molecule has 2 atom stereocenters. The Balaban J connectivity index is 2.10. The predicted octanol–water partition coefficient (Wildman–Crippen LogP) is 2.21. The van der Waals surface area contributed by atoms with E-state index in [9.17, 15) is 14.7 Å². The number of ether oxygens (including phenoxy) is 3. The second kappa shape index (κ2) is 7.84. The summed E-state index contributed by atoms with van der Waals surface area (Å²) < 4.78 is 16.3. The summed E-state index contributed by atoms with van der Waals surface area (Å²) in [7, 11) is 3.12. The first-order valence-electron chi connectivity index (χ1n) is 8.21. The van der Waals surface area contributed by atoms with E-state index in [0.717, 1.165) is 5.56 Å². The zero-order valence-electron chi connectivity index (χ0n) is 15.0. The molecule has 1 aromatic carbocycles. The van der Waals surface area contributed by atoms with Crippen molar-refractivity contribution in [2.24, 2.45) is 0 Å². The molecular formula is C18H25NO6. The summed E-state index contributed by atoms with van der Waals surface area (Å²) in [6.45, 7) is 3.55. The zero-order valence-corrected chi connectivity index (χ0v) is 15.0. The molecule has 2 rings (SSSR count). The molecule has 0 spiro atoms. The molecule has 0 aliphatic carbocycles. The smallest absolute Gasteiger partial charge is 0.329 e. The molecule has 1 saturated heterocycles. The Morgan fingerprint density at radius 3 is 2.36 bits per heavy atom. The maximum absolute atomic E-state index is 12.1. The van der Waals surface area contributed by atoms with Crippen LogP contribution >= 0.6 is 0 Å². The summed E-state index contributed by atoms with van der Waals surface area (Å²) >= 11 is 0. The molecule has 1 amide bonds. The number of carbonyl (C=O) groups is 2. The van der Waals surface area contributed by atoms with Crippen molar-refractivity contribution in [3.8, 4) is 5.75 Å². The average molecular weight is 351 g/mol. The van der Waals surface area contributed by atoms with Gasteiger partial charge in [-0.25, -0.2) is 4.79 Å². The number of carbonyl (C=O) groups excluding carboxylic acids is 1. The highest BCUT2D eigenvalue weighted by atomic mass is 16.7. The van der Waals surface area contributed by atoms with E-state index >= 15 is 0 Å². The van der Waals surface area contributed by atoms with Crippen molar-refractivity contribution in [3.63, 3.8) is 0 Å². The summed E-state index contributed by atoms with van der Waals surface area (Å²) in [6.07, 6.45) is -0.314. The topological polar surface area (TPSA) is 85.3 Å². The second-order valence-electron chi connectivity index (χ2n) is 6.25. The molecule has 7 heteroatoms. The Morgan fingerprint density at radius 1 is 1.28 bits per heavy atom. The first-order valence-corrected chi connectivity index (χ1v) is 8.21. The average Bonchev–Trinajstić information content (AvgIpc) is 2.94. The fraction of sp³-hybridized carbons (Fsp3) is 0.556. The molecule has 7 nitrogen and oxygen atoms in total. The van der Waals surface area contributed by atoms with Crippen molar-refractivity contribution in [3.05, 3.63) is 29.8 Å². The predicted molar refractivity (Wildman–Crippen MR) is 90.3 cm³/mol. The van der Waals surface area contributed by atoms with E-state index in [0.29, 0.717) is 5.75 Å². The minimum Gasteiger partial charge on any atom is -0.488 e. The van der Waals surface area contributed by atoms with Gasteiger partial charge < -0.3 is 24.2 Å². The summed E-state index contributed by atoms with van der Waals surface area (Å²) in [5.41, 5.74) is -0.392. The highest BCUT2D eigenvalue weighted by Gasteiger charge is 2.50. The van der Waals surface area contributed by atoms with Crippen molar-refractivity contribution in [1.82, 2.24) is 4.90 Å². The van der Waals surface area contributed by atoms with Crippen LogP contribution in [0, 0.1) is 0 Å². The normalized spacial score (nSPS) is 23.1. The van der Waals surface area contributed by atoms with Gasteiger partial charge in [0.2, 0.25) is 5.91 Å². The molecule has 1 aromatic rings. The maximum Gasteiger partial charge on any atom is 0.329 e. The van der Waals surface area contributed by atoms with Crippen LogP contribution in [-0.2, 0) is 19.1 Å². The van der Waals surface area contributed by atoms with Gasteiger partial charge >= 0.3 is 5.97 Å². The van der Waals surface area contributed by atoms with E-state index in [1.165, 1.54) is 4.90 Å². The van der Waals surface area contributed by atoms with Crippen LogP contribution in [0.4, 0.5) is 0 Å². The molecule has 1 aliphatic rings. The lowest BCUT2D eigenvalue weighted by Gasteiger charge is -2.30. The quantitative estimate of drug-likeness (QED) is 0.758. The van der Waals surface area contributed by atoms with Gasteiger partial charge in [-0.3, -0.25) is 4.79 Å². The van der Waals surface area contributed by atoms with Crippen molar-refractivity contribution in [2.45, 2.75) is 44.6 Å². The van der Waals surface area contributed by atoms with Gasteiger partial charge in [-0.1, -0.05) is 19.1 Å². The Labute approximate surface area is 147 Å². The van der Waals surface area contributed by atoms with Crippen molar-refractivity contribution < 1.29 is 28.9 Å². The number of aliphatic carboxylic acids is 1. The van der Waals surface area contributed by atoms with Gasteiger partial charge in [0, 0.05) is 32.6 Å². The van der Waals surface area contributed by atoms with Crippen LogP contribution in [0.25, 0.3) is 0 Å². The molecule has 1 heterocycles. The fourth-order valence-electron chi connectivity index (χ4n) is 3.14. The molecule has 1 fully saturated rings. The largest absolute Gasteiger partial charge is 0.488 e. The Morgan fingerprint density at radius 2 is 1.88 bits per heavy atom. The van der Waals surface area contributed by atoms with Crippen LogP contribution in [0.3, 0.4) is 0 Å². The van der Waals surface area contributed by atoms with Crippen LogP contribution in [-0.4, -0.2) is 54.3 Å². The lowest BCUT2D eigenvalue weighted by Crippen LogP contribution is -2.50. The number of nitrogens with zero attached hydrogens (tertiary/aromatic N) is 1. The van der Waals surface area contributed by atoms with Crippen molar-refractivity contribution >= 4 is 11.9 Å². The van der Waals surface area contributed by atoms with Crippen LogP contribution < -0.4 is 4.74 Å². The van der Waals surface area contributed by atoms with Crippen molar-refractivity contribution in [1.29, 1.82) is 0 Å². The van der Waals surface area contributed by atoms with Gasteiger partial charge in [0.1, 0.15) is 17.4 Å². The van der Waals surface area contributed by atoms with Gasteiger partial charge in [0.25, 0.3) is 0 Å². The van der Waals surface area contributed by atoms with Gasteiger partial charge in [-0.15, -0.1) is 0 Å². The minimum atomic E-state index is -1.24. The first kappa shape index (κ1) is 19.2. The number of likely N-dealkylation sites (tertiary alicyclic amines) is 1. The molecule has 1 unspecified atom stereocenters. The minimum absolute atomic E-state index is 0.186. The highest BCUT2D eigenvalue weighted by Crippen LogP contribution is 2.33. The van der Waals surface area contributed by atoms with Gasteiger partial charge in [0.15, 0.2) is 6.29 Å². The first-order chi connectivity index (χ1) is 11.8. The number of carboxylic acids is 1. The standard InChI is InChI=1S/C18H25NO6/c1-5-15(20)19-11-14(10-18(19,2)17(21)22)25-13-8-6-12(7-9-13)16(23-3)24-4/h6-9,14,16H,5,10-11H2,1-4H3,(H,21,22)/t14?,18-/m0/s1. The summed E-state index contributed by atoms with van der Waals surface area (Å²) in [4.78, 5) is 25.2. The molecule has 1 aliphatic heterocycles. The summed E-state index contributed by atoms with van der Waals surface area (Å²) in [5, 5.41) is 9.55. The molecule has 138 valence electrons. The molecule has 0 radical (unpaired) electrons. The number of hydrogen-bond acceptors (Lipinski definition) is 5. The van der Waals surface area contributed by atoms with E-state index in [2.05, 4.69) is 0 Å². The maximum atomic E-state index is 12.1. The third kappa shape index (κ3) is 3.93. The number of benzene rings is 1. The van der Waals surface area contributed by atoms with Crippen molar-refractivity contribution in [2.75, 3.05) is 20.8 Å². The third-order valence-corrected chi connectivity index (χ3v) is 4.55. The van der Waals surface area contributed by atoms with Gasteiger partial charge in [0.05, 0.1) is 6.54 Å². The highest BCUT2D eigenvalue weighted by molar-refractivity contribution is 5.87.